The Bertz CT molecular complexity index is 748. The molecular weight excluding hydrogens is 338 g/mol. The molecule has 138 valence electrons. The van der Waals surface area contributed by atoms with Crippen LogP contribution in [0.1, 0.15) is 12.6 Å². The monoisotopic (exact) mass is 360 g/mol. The first-order valence-corrected chi connectivity index (χ1v) is 8.65. The van der Waals surface area contributed by atoms with Crippen molar-refractivity contribution in [1.29, 1.82) is 0 Å². The highest BCUT2D eigenvalue weighted by Gasteiger charge is 2.25. The van der Waals surface area contributed by atoms with Gasteiger partial charge in [0, 0.05) is 50.7 Å². The molecule has 1 atom stereocenters. The van der Waals surface area contributed by atoms with E-state index in [-0.39, 0.29) is 17.6 Å². The van der Waals surface area contributed by atoms with Crippen LogP contribution in [0.25, 0.3) is 0 Å². The molecule has 5 nitrogen and oxygen atoms in total. The Labute approximate surface area is 151 Å². The molecule has 1 aromatic carbocycles. The highest BCUT2D eigenvalue weighted by atomic mass is 19.2. The maximum Gasteiger partial charge on any atom is 0.241 e. The van der Waals surface area contributed by atoms with Gasteiger partial charge >= 0.3 is 0 Å². The third-order valence-corrected chi connectivity index (χ3v) is 4.63. The summed E-state index contributed by atoms with van der Waals surface area (Å²) < 4.78 is 26.2. The summed E-state index contributed by atoms with van der Waals surface area (Å²) in [5.41, 5.74) is 1.29. The van der Waals surface area contributed by atoms with E-state index >= 15 is 0 Å². The number of nitrogens with one attached hydrogen (secondary N) is 1. The van der Waals surface area contributed by atoms with Crippen molar-refractivity contribution >= 4 is 11.6 Å². The Morgan fingerprint density at radius 1 is 1.15 bits per heavy atom. The molecular formula is C19H22F2N4O. The van der Waals surface area contributed by atoms with Crippen LogP contribution < -0.4 is 5.32 Å². The van der Waals surface area contributed by atoms with E-state index in [0.29, 0.717) is 0 Å². The number of pyridine rings is 1. The van der Waals surface area contributed by atoms with Crippen LogP contribution >= 0.6 is 0 Å². The van der Waals surface area contributed by atoms with Gasteiger partial charge in [0.1, 0.15) is 0 Å². The van der Waals surface area contributed by atoms with Crippen molar-refractivity contribution in [3.63, 3.8) is 0 Å². The van der Waals surface area contributed by atoms with E-state index in [1.54, 1.807) is 6.20 Å². The van der Waals surface area contributed by atoms with Crippen molar-refractivity contribution in [2.75, 3.05) is 31.5 Å². The molecule has 1 aliphatic heterocycles. The first kappa shape index (κ1) is 18.4. The molecule has 1 amide bonds. The van der Waals surface area contributed by atoms with E-state index in [9.17, 15) is 13.6 Å². The number of nitrogens with zero attached hydrogens (tertiary/aromatic N) is 3. The van der Waals surface area contributed by atoms with Crippen LogP contribution in [0.4, 0.5) is 14.5 Å². The fourth-order valence-corrected chi connectivity index (χ4v) is 3.02. The zero-order valence-electron chi connectivity index (χ0n) is 14.7. The van der Waals surface area contributed by atoms with Crippen LogP contribution in [0.5, 0.6) is 0 Å². The van der Waals surface area contributed by atoms with Crippen LogP contribution in [0.2, 0.25) is 0 Å². The molecule has 1 fully saturated rings. The van der Waals surface area contributed by atoms with Gasteiger partial charge in [-0.25, -0.2) is 8.78 Å². The van der Waals surface area contributed by atoms with Gasteiger partial charge in [-0.2, -0.15) is 0 Å². The first-order chi connectivity index (χ1) is 12.5. The summed E-state index contributed by atoms with van der Waals surface area (Å²) in [5.74, 6) is -2.13. The van der Waals surface area contributed by atoms with Crippen LogP contribution in [-0.2, 0) is 11.3 Å². The molecule has 1 aromatic heterocycles. The Hall–Kier alpha value is -2.38. The Kier molecular flexibility index (Phi) is 5.90. The fraction of sp³-hybridized carbons (Fsp3) is 0.368. The second-order valence-corrected chi connectivity index (χ2v) is 6.43. The maximum absolute atomic E-state index is 13.3. The maximum atomic E-state index is 13.3. The largest absolute Gasteiger partial charge is 0.325 e. The summed E-state index contributed by atoms with van der Waals surface area (Å²) in [6.07, 6.45) is 1.79. The molecule has 1 unspecified atom stereocenters. The molecule has 0 spiro atoms. The number of benzene rings is 1. The molecule has 0 radical (unpaired) electrons. The van der Waals surface area contributed by atoms with Crippen molar-refractivity contribution < 1.29 is 13.6 Å². The van der Waals surface area contributed by atoms with Gasteiger partial charge in [0.2, 0.25) is 5.91 Å². The SMILES string of the molecule is CC(C(=O)Nc1ccc(F)c(F)c1)N1CCN(Cc2ccccn2)CC1. The van der Waals surface area contributed by atoms with Crippen LogP contribution in [0.15, 0.2) is 42.6 Å². The lowest BCUT2D eigenvalue weighted by Crippen LogP contribution is -2.52. The first-order valence-electron chi connectivity index (χ1n) is 8.65. The number of rotatable bonds is 5. The average molecular weight is 360 g/mol. The molecule has 2 aromatic rings. The molecule has 3 rings (SSSR count). The topological polar surface area (TPSA) is 48.5 Å². The highest BCUT2D eigenvalue weighted by Crippen LogP contribution is 2.15. The van der Waals surface area contributed by atoms with Crippen LogP contribution in [-0.4, -0.2) is 52.9 Å². The highest BCUT2D eigenvalue weighted by molar-refractivity contribution is 5.94. The second-order valence-electron chi connectivity index (χ2n) is 6.43. The van der Waals surface area contributed by atoms with Crippen molar-refractivity contribution in [3.05, 3.63) is 59.9 Å². The smallest absolute Gasteiger partial charge is 0.241 e. The molecule has 1 N–H and O–H groups in total. The van der Waals surface area contributed by atoms with E-state index < -0.39 is 11.6 Å². The van der Waals surface area contributed by atoms with E-state index in [2.05, 4.69) is 20.1 Å². The molecule has 2 heterocycles. The molecule has 1 aliphatic rings. The minimum Gasteiger partial charge on any atom is -0.325 e. The number of piperazine rings is 1. The predicted molar refractivity (Wildman–Crippen MR) is 95.5 cm³/mol. The van der Waals surface area contributed by atoms with E-state index in [4.69, 9.17) is 0 Å². The van der Waals surface area contributed by atoms with Crippen LogP contribution in [0.3, 0.4) is 0 Å². The normalized spacial score (nSPS) is 17.0. The van der Waals surface area contributed by atoms with Gasteiger partial charge in [0.15, 0.2) is 11.6 Å². The summed E-state index contributed by atoms with van der Waals surface area (Å²) in [4.78, 5) is 21.1. The van der Waals surface area contributed by atoms with Gasteiger partial charge < -0.3 is 5.32 Å². The average Bonchev–Trinajstić information content (AvgIpc) is 2.65. The standard InChI is InChI=1S/C19H22F2N4O/c1-14(19(26)23-15-5-6-17(20)18(21)12-15)25-10-8-24(9-11-25)13-16-4-2-3-7-22-16/h2-7,12,14H,8-11,13H2,1H3,(H,23,26). The van der Waals surface area contributed by atoms with Crippen molar-refractivity contribution in [3.8, 4) is 0 Å². The summed E-state index contributed by atoms with van der Waals surface area (Å²) in [6, 6.07) is 8.88. The minimum atomic E-state index is -0.974. The van der Waals surface area contributed by atoms with Crippen molar-refractivity contribution in [1.82, 2.24) is 14.8 Å². The Morgan fingerprint density at radius 2 is 1.92 bits per heavy atom. The summed E-state index contributed by atoms with van der Waals surface area (Å²) in [7, 11) is 0. The van der Waals surface area contributed by atoms with E-state index in [0.717, 1.165) is 50.6 Å². The fourth-order valence-electron chi connectivity index (χ4n) is 3.02. The molecule has 7 heteroatoms. The van der Waals surface area contributed by atoms with Gasteiger partial charge in [-0.1, -0.05) is 6.07 Å². The molecule has 0 aliphatic carbocycles. The molecule has 0 bridgehead atoms. The number of anilines is 1. The molecule has 26 heavy (non-hydrogen) atoms. The number of carbonyl (C=O) groups excluding carboxylic acids is 1. The van der Waals surface area contributed by atoms with Gasteiger partial charge in [0.25, 0.3) is 0 Å². The van der Waals surface area contributed by atoms with Crippen molar-refractivity contribution in [2.45, 2.75) is 19.5 Å². The third-order valence-electron chi connectivity index (χ3n) is 4.63. The number of aromatic nitrogens is 1. The minimum absolute atomic E-state index is 0.228. The van der Waals surface area contributed by atoms with E-state index in [1.165, 1.54) is 6.07 Å². The molecule has 1 saturated heterocycles. The zero-order chi connectivity index (χ0) is 18.5. The third kappa shape index (κ3) is 4.62. The summed E-state index contributed by atoms with van der Waals surface area (Å²) >= 11 is 0. The van der Waals surface area contributed by atoms with E-state index in [1.807, 2.05) is 25.1 Å². The Morgan fingerprint density at radius 3 is 2.58 bits per heavy atom. The van der Waals surface area contributed by atoms with Crippen LogP contribution in [0, 0.1) is 11.6 Å². The lowest BCUT2D eigenvalue weighted by atomic mass is 10.2. The van der Waals surface area contributed by atoms with Gasteiger partial charge in [0.05, 0.1) is 11.7 Å². The summed E-state index contributed by atoms with van der Waals surface area (Å²) in [5, 5.41) is 2.65. The quantitative estimate of drug-likeness (QED) is 0.890. The zero-order valence-corrected chi connectivity index (χ0v) is 14.7. The number of hydrogen-bond donors (Lipinski definition) is 1. The number of hydrogen-bond acceptors (Lipinski definition) is 4. The lowest BCUT2D eigenvalue weighted by molar-refractivity contribution is -0.121. The van der Waals surface area contributed by atoms with Gasteiger partial charge in [-0.3, -0.25) is 19.6 Å². The number of carbonyl (C=O) groups is 1. The molecule has 0 saturated carbocycles. The summed E-state index contributed by atoms with van der Waals surface area (Å²) in [6.45, 7) is 5.84. The lowest BCUT2D eigenvalue weighted by Gasteiger charge is -2.37. The second kappa shape index (κ2) is 8.33. The Balaban J connectivity index is 1.50. The number of amides is 1. The van der Waals surface area contributed by atoms with Gasteiger partial charge in [-0.05, 0) is 31.2 Å². The van der Waals surface area contributed by atoms with Crippen molar-refractivity contribution in [2.24, 2.45) is 0 Å². The van der Waals surface area contributed by atoms with Gasteiger partial charge in [-0.15, -0.1) is 0 Å². The number of halogens is 2. The predicted octanol–water partition coefficient (Wildman–Crippen LogP) is 2.50.